The molecule has 0 saturated heterocycles. The van der Waals surface area contributed by atoms with Crippen LogP contribution in [0.15, 0.2) is 18.2 Å². The van der Waals surface area contributed by atoms with Gasteiger partial charge in [0.25, 0.3) is 0 Å². The standard InChI is InChI=1S/C13H21.2ClH.Zr/c1-12(2,3)10-8-7-9-11(10)13(4,5)6;;;/h7-9H,1-6H3;2*1H;/q-1;;;+3/p-2. The Morgan fingerprint density at radius 3 is 1.56 bits per heavy atom. The maximum atomic E-state index is 2.28. The van der Waals surface area contributed by atoms with Gasteiger partial charge in [0.05, 0.1) is 0 Å². The van der Waals surface area contributed by atoms with E-state index in [-0.39, 0.29) is 61.8 Å². The first-order valence-electron chi connectivity index (χ1n) is 4.99. The van der Waals surface area contributed by atoms with Crippen molar-refractivity contribution < 1.29 is 51.0 Å². The number of rotatable bonds is 0. The first-order valence-corrected chi connectivity index (χ1v) is 4.99. The van der Waals surface area contributed by atoms with E-state index in [1.165, 1.54) is 11.1 Å². The Kier molecular flexibility index (Phi) is 10.0. The molecule has 1 rings (SSSR count). The molecular formula is C13H21Cl2Zr. The fourth-order valence-electron chi connectivity index (χ4n) is 1.73. The van der Waals surface area contributed by atoms with Crippen molar-refractivity contribution in [1.82, 2.24) is 0 Å². The third-order valence-corrected chi connectivity index (χ3v) is 2.43. The Morgan fingerprint density at radius 2 is 1.31 bits per heavy atom. The van der Waals surface area contributed by atoms with Gasteiger partial charge in [0.15, 0.2) is 0 Å². The van der Waals surface area contributed by atoms with Crippen LogP contribution in [0.5, 0.6) is 0 Å². The van der Waals surface area contributed by atoms with Gasteiger partial charge < -0.3 is 24.8 Å². The molecule has 0 bridgehead atoms. The van der Waals surface area contributed by atoms with E-state index >= 15 is 0 Å². The van der Waals surface area contributed by atoms with Crippen LogP contribution in [-0.2, 0) is 37.0 Å². The molecule has 0 spiro atoms. The van der Waals surface area contributed by atoms with Gasteiger partial charge >= 0.3 is 26.2 Å². The summed E-state index contributed by atoms with van der Waals surface area (Å²) >= 11 is 0. The largest absolute Gasteiger partial charge is 3.00 e. The Morgan fingerprint density at radius 1 is 0.875 bits per heavy atom. The van der Waals surface area contributed by atoms with Gasteiger partial charge in [-0.15, -0.1) is 0 Å². The topological polar surface area (TPSA) is 0 Å². The third-order valence-electron chi connectivity index (χ3n) is 2.43. The molecule has 0 fully saturated rings. The van der Waals surface area contributed by atoms with Crippen LogP contribution in [0.3, 0.4) is 0 Å². The molecule has 0 aliphatic rings. The molecular weight excluding hydrogens is 318 g/mol. The van der Waals surface area contributed by atoms with Crippen LogP contribution in [0, 0.1) is 0 Å². The van der Waals surface area contributed by atoms with Crippen LogP contribution in [0.25, 0.3) is 0 Å². The molecule has 0 aliphatic heterocycles. The molecule has 16 heavy (non-hydrogen) atoms. The summed E-state index contributed by atoms with van der Waals surface area (Å²) in [5.41, 5.74) is 3.51. The van der Waals surface area contributed by atoms with Gasteiger partial charge in [-0.2, -0.15) is 23.3 Å². The quantitative estimate of drug-likeness (QED) is 0.480. The minimum absolute atomic E-state index is 0. The Hall–Kier alpha value is 0.813. The SMILES string of the molecule is CC(C)(C)c1cc[cH-]c1C(C)(C)C.[Cl-].[Cl-].[Zr+3]. The first-order chi connectivity index (χ1) is 5.73. The van der Waals surface area contributed by atoms with Gasteiger partial charge in [-0.05, 0) is 5.41 Å². The van der Waals surface area contributed by atoms with Crippen molar-refractivity contribution in [2.75, 3.05) is 0 Å². The van der Waals surface area contributed by atoms with E-state index in [4.69, 9.17) is 0 Å². The van der Waals surface area contributed by atoms with Crippen molar-refractivity contribution in [1.29, 1.82) is 0 Å². The molecule has 91 valence electrons. The smallest absolute Gasteiger partial charge is 1.00 e. The molecule has 0 saturated carbocycles. The molecule has 1 radical (unpaired) electrons. The Labute approximate surface area is 132 Å². The zero-order valence-corrected chi connectivity index (χ0v) is 15.0. The normalized spacial score (nSPS) is 10.9. The molecule has 1 aromatic carbocycles. The Bertz CT molecular complexity index is 261. The van der Waals surface area contributed by atoms with Crippen molar-refractivity contribution in [2.24, 2.45) is 0 Å². The maximum absolute atomic E-state index is 2.28. The summed E-state index contributed by atoms with van der Waals surface area (Å²) in [6, 6.07) is 6.67. The van der Waals surface area contributed by atoms with Crippen LogP contribution in [0.1, 0.15) is 52.7 Å². The summed E-state index contributed by atoms with van der Waals surface area (Å²) in [5, 5.41) is 0. The van der Waals surface area contributed by atoms with Crippen molar-refractivity contribution >= 4 is 0 Å². The van der Waals surface area contributed by atoms with Crippen LogP contribution in [-0.4, -0.2) is 0 Å². The van der Waals surface area contributed by atoms with E-state index in [9.17, 15) is 0 Å². The van der Waals surface area contributed by atoms with Gasteiger partial charge in [-0.25, -0.2) is 6.07 Å². The molecule has 3 heteroatoms. The first kappa shape index (κ1) is 22.0. The summed E-state index contributed by atoms with van der Waals surface area (Å²) in [7, 11) is 0. The summed E-state index contributed by atoms with van der Waals surface area (Å²) in [5.74, 6) is 0. The molecule has 0 atom stereocenters. The summed E-state index contributed by atoms with van der Waals surface area (Å²) in [4.78, 5) is 0. The van der Waals surface area contributed by atoms with Crippen molar-refractivity contribution in [3.63, 3.8) is 0 Å². The molecule has 0 aliphatic carbocycles. The number of hydrogen-bond acceptors (Lipinski definition) is 0. The van der Waals surface area contributed by atoms with E-state index in [1.54, 1.807) is 0 Å². The second kappa shape index (κ2) is 7.29. The van der Waals surface area contributed by atoms with Gasteiger partial charge in [0, 0.05) is 0 Å². The summed E-state index contributed by atoms with van der Waals surface area (Å²) in [6.07, 6.45) is 0. The summed E-state index contributed by atoms with van der Waals surface area (Å²) < 4.78 is 0. The van der Waals surface area contributed by atoms with E-state index in [0.717, 1.165) is 0 Å². The fourth-order valence-corrected chi connectivity index (χ4v) is 1.73. The zero-order valence-electron chi connectivity index (χ0n) is 11.0. The maximum Gasteiger partial charge on any atom is 3.00 e. The minimum atomic E-state index is 0. The molecule has 0 amide bonds. The number of halogens is 2. The van der Waals surface area contributed by atoms with Gasteiger partial charge in [-0.1, -0.05) is 47.0 Å². The van der Waals surface area contributed by atoms with Gasteiger partial charge in [0.2, 0.25) is 0 Å². The number of hydrogen-bond donors (Lipinski definition) is 0. The van der Waals surface area contributed by atoms with Crippen molar-refractivity contribution in [3.8, 4) is 0 Å². The third kappa shape index (κ3) is 5.43. The second-order valence-corrected chi connectivity index (χ2v) is 5.85. The predicted octanol–water partition coefficient (Wildman–Crippen LogP) is -1.99. The van der Waals surface area contributed by atoms with Gasteiger partial charge in [0.1, 0.15) is 0 Å². The monoisotopic (exact) mass is 337 g/mol. The Balaban J connectivity index is -0.000000563. The average molecular weight is 339 g/mol. The predicted molar refractivity (Wildman–Crippen MR) is 59.4 cm³/mol. The molecule has 0 aromatic heterocycles. The summed E-state index contributed by atoms with van der Waals surface area (Å²) in [6.45, 7) is 13.7. The van der Waals surface area contributed by atoms with E-state index < -0.39 is 0 Å². The van der Waals surface area contributed by atoms with E-state index in [1.807, 2.05) is 0 Å². The molecule has 0 N–H and O–H groups in total. The molecule has 1 aromatic rings. The van der Waals surface area contributed by atoms with Crippen molar-refractivity contribution in [2.45, 2.75) is 52.4 Å². The molecule has 0 heterocycles. The van der Waals surface area contributed by atoms with Crippen LogP contribution >= 0.6 is 0 Å². The van der Waals surface area contributed by atoms with E-state index in [0.29, 0.717) is 0 Å². The molecule has 0 unspecified atom stereocenters. The second-order valence-electron chi connectivity index (χ2n) is 5.85. The average Bonchev–Trinajstić information content (AvgIpc) is 2.27. The van der Waals surface area contributed by atoms with Gasteiger partial charge in [-0.3, -0.25) is 0 Å². The molecule has 0 nitrogen and oxygen atoms in total. The van der Waals surface area contributed by atoms with Crippen LogP contribution < -0.4 is 24.8 Å². The fraction of sp³-hybridized carbons (Fsp3) is 0.615. The van der Waals surface area contributed by atoms with Crippen LogP contribution in [0.2, 0.25) is 0 Å². The minimum Gasteiger partial charge on any atom is -1.00 e. The zero-order chi connectivity index (χ0) is 10.3. The van der Waals surface area contributed by atoms with Crippen molar-refractivity contribution in [3.05, 3.63) is 29.3 Å². The van der Waals surface area contributed by atoms with Crippen LogP contribution in [0.4, 0.5) is 0 Å². The van der Waals surface area contributed by atoms with E-state index in [2.05, 4.69) is 59.7 Å².